The zero-order valence-electron chi connectivity index (χ0n) is 42.7. The fraction of sp³-hybridized carbons (Fsp3) is 0.0476. The van der Waals surface area contributed by atoms with Crippen LogP contribution in [0.15, 0.2) is 250 Å². The van der Waals surface area contributed by atoms with Gasteiger partial charge in [0, 0.05) is 27.8 Å². The van der Waals surface area contributed by atoms with Crippen LogP contribution in [-0.2, 0) is 5.41 Å². The summed E-state index contributed by atoms with van der Waals surface area (Å²) < 4.78 is 72.4. The van der Waals surface area contributed by atoms with E-state index in [1.807, 2.05) is 170 Å². The molecule has 310 valence electrons. The molecule has 0 fully saturated rings. The molecule has 2 heteroatoms. The molecule has 1 unspecified atom stereocenters. The second-order valence-corrected chi connectivity index (χ2v) is 16.3. The van der Waals surface area contributed by atoms with Gasteiger partial charge in [-0.25, -0.2) is 0 Å². The van der Waals surface area contributed by atoms with Crippen molar-refractivity contribution in [1.29, 1.82) is 0 Å². The molecule has 0 amide bonds. The molecule has 0 aliphatic heterocycles. The molecule has 1 heterocycles. The van der Waals surface area contributed by atoms with Crippen molar-refractivity contribution in [2.45, 2.75) is 17.9 Å². The third kappa shape index (κ3) is 6.74. The van der Waals surface area contributed by atoms with Crippen LogP contribution in [0.25, 0.3) is 56.3 Å². The van der Waals surface area contributed by atoms with Crippen LogP contribution in [0.5, 0.6) is 0 Å². The van der Waals surface area contributed by atoms with Gasteiger partial charge in [0.15, 0.2) is 0 Å². The summed E-state index contributed by atoms with van der Waals surface area (Å²) in [6.45, 7) is 7.70. The fourth-order valence-electron chi connectivity index (χ4n) is 9.85. The molecule has 1 aromatic heterocycles. The predicted molar refractivity (Wildman–Crippen MR) is 277 cm³/mol. The van der Waals surface area contributed by atoms with Crippen LogP contribution in [0.1, 0.15) is 55.0 Å². The Balaban J connectivity index is 1.18. The zero-order chi connectivity index (χ0) is 49.8. The summed E-state index contributed by atoms with van der Waals surface area (Å²) in [4.78, 5) is 1.65. The zero-order valence-corrected chi connectivity index (χ0v) is 35.7. The van der Waals surface area contributed by atoms with Gasteiger partial charge >= 0.3 is 0 Å². The monoisotopic (exact) mass is 839 g/mol. The molecule has 65 heavy (non-hydrogen) atoms. The van der Waals surface area contributed by atoms with Crippen LogP contribution in [0, 0.1) is 0 Å². The molecule has 2 nitrogen and oxygen atoms in total. The third-order valence-electron chi connectivity index (χ3n) is 12.7. The number of rotatable bonds is 11. The van der Waals surface area contributed by atoms with Crippen molar-refractivity contribution in [3.63, 3.8) is 0 Å². The van der Waals surface area contributed by atoms with E-state index in [4.69, 9.17) is 0 Å². The number of para-hydroxylation sites is 2. The smallest absolute Gasteiger partial charge is 0.0714 e. The molecular weight excluding hydrogens is 785 g/mol. The van der Waals surface area contributed by atoms with E-state index >= 15 is 0 Å². The van der Waals surface area contributed by atoms with E-state index in [0.717, 1.165) is 66.3 Å². The molecule has 0 saturated carbocycles. The molecule has 8 aromatic carbocycles. The van der Waals surface area contributed by atoms with Gasteiger partial charge in [-0.1, -0.05) is 207 Å². The quantitative estimate of drug-likeness (QED) is 0.118. The lowest BCUT2D eigenvalue weighted by Gasteiger charge is -2.36. The van der Waals surface area contributed by atoms with Crippen LogP contribution < -0.4 is 4.90 Å². The van der Waals surface area contributed by atoms with Gasteiger partial charge in [0.1, 0.15) is 0 Å². The first-order chi connectivity index (χ1) is 35.1. The van der Waals surface area contributed by atoms with Crippen LogP contribution in [-0.4, -0.2) is 10.6 Å². The number of anilines is 2. The maximum atomic E-state index is 10.7. The number of nitrogens with zero attached hydrogens (tertiary/aromatic N) is 2. The Labute approximate surface area is 391 Å². The van der Waals surface area contributed by atoms with Crippen molar-refractivity contribution in [3.05, 3.63) is 289 Å². The van der Waals surface area contributed by atoms with E-state index in [1.54, 1.807) is 21.6 Å². The SMILES string of the molecule is [2H]c1c([2H])c(N(c2c([2H])c([2H])c(-n3c4ccccc4c4ccccc43)c([2H])c2[2H])C2C=CC(c3ccc(/C=C\C=C)c(/C=C\C=C)c3)=CC2)c([2H])c2c1-c1ccccc1C2(c1ccccc1)c1ccccc1. The second kappa shape index (κ2) is 16.8. The molecular formula is C63H48N2. The first kappa shape index (κ1) is 32.5. The van der Waals surface area contributed by atoms with Gasteiger partial charge in [-0.2, -0.15) is 0 Å². The van der Waals surface area contributed by atoms with E-state index in [1.165, 1.54) is 0 Å². The molecule has 1 atom stereocenters. The molecule has 0 N–H and O–H groups in total. The Kier molecular flexibility index (Phi) is 8.40. The first-order valence-corrected chi connectivity index (χ1v) is 22.0. The standard InChI is InChI=1S/C63H48N2/c1-3-5-19-45-31-32-48(43-47(45)20-6-4-2)46-33-35-51(36-34-46)64(52-37-39-53(40-38-52)65-61-29-17-14-26-57(61)58-27-15-18-30-62(58)65)54-41-42-56-55-25-13-16-28-59(55)63(60(56)44-54,49-21-9-7-10-22-49)50-23-11-8-12-24-50/h3-35,37-44,51H,1-2,36H2/b19-5-,20-6-/i37D,38D,39D,40D,41D,42D,44D. The summed E-state index contributed by atoms with van der Waals surface area (Å²) in [5.41, 5.74) is 8.65. The maximum Gasteiger partial charge on any atom is 0.0714 e. The highest BCUT2D eigenvalue weighted by Crippen LogP contribution is 2.57. The van der Waals surface area contributed by atoms with Crippen LogP contribution >= 0.6 is 0 Å². The third-order valence-corrected chi connectivity index (χ3v) is 12.7. The number of benzene rings is 8. The number of fused-ring (bicyclic) bond motifs is 6. The Bertz CT molecular complexity index is 3680. The molecule has 0 saturated heterocycles. The van der Waals surface area contributed by atoms with E-state index in [-0.39, 0.29) is 59.4 Å². The number of allylic oxidation sites excluding steroid dienone is 6. The van der Waals surface area contributed by atoms with E-state index in [0.29, 0.717) is 17.5 Å². The number of hydrogen-bond donors (Lipinski definition) is 0. The summed E-state index contributed by atoms with van der Waals surface area (Å²) in [6, 6.07) is 47.3. The average molecular weight is 840 g/mol. The Morgan fingerprint density at radius 3 is 1.83 bits per heavy atom. The van der Waals surface area contributed by atoms with Crippen LogP contribution in [0.3, 0.4) is 0 Å². The Morgan fingerprint density at radius 1 is 0.585 bits per heavy atom. The molecule has 11 rings (SSSR count). The summed E-state index contributed by atoms with van der Waals surface area (Å²) in [5.74, 6) is 0. The first-order valence-electron chi connectivity index (χ1n) is 25.5. The molecule has 0 radical (unpaired) electrons. The Morgan fingerprint density at radius 2 is 1.18 bits per heavy atom. The second-order valence-electron chi connectivity index (χ2n) is 16.3. The van der Waals surface area contributed by atoms with Gasteiger partial charge in [-0.15, -0.1) is 0 Å². The van der Waals surface area contributed by atoms with E-state index in [9.17, 15) is 9.60 Å². The minimum atomic E-state index is -1.11. The lowest BCUT2D eigenvalue weighted by Crippen LogP contribution is -2.31. The minimum absolute atomic E-state index is 0.0231. The summed E-state index contributed by atoms with van der Waals surface area (Å²) in [5, 5.41) is 1.83. The van der Waals surface area contributed by atoms with Crippen molar-refractivity contribution < 1.29 is 9.60 Å². The van der Waals surface area contributed by atoms with Gasteiger partial charge in [0.2, 0.25) is 0 Å². The highest BCUT2D eigenvalue weighted by molar-refractivity contribution is 6.09. The topological polar surface area (TPSA) is 8.17 Å². The molecule has 0 bridgehead atoms. The largest absolute Gasteiger partial charge is 0.334 e. The summed E-state index contributed by atoms with van der Waals surface area (Å²) >= 11 is 0. The van der Waals surface area contributed by atoms with E-state index < -0.39 is 11.5 Å². The minimum Gasteiger partial charge on any atom is -0.334 e. The van der Waals surface area contributed by atoms with Crippen LogP contribution in [0.4, 0.5) is 11.4 Å². The van der Waals surface area contributed by atoms with Crippen molar-refractivity contribution >= 4 is 50.9 Å². The number of aromatic nitrogens is 1. The van der Waals surface area contributed by atoms with Gasteiger partial charge in [-0.05, 0) is 117 Å². The molecule has 2 aliphatic carbocycles. The van der Waals surface area contributed by atoms with Crippen molar-refractivity contribution in [2.24, 2.45) is 0 Å². The molecule has 0 spiro atoms. The summed E-state index contributed by atoms with van der Waals surface area (Å²) in [6.07, 6.45) is 17.6. The normalized spacial score (nSPS) is 16.5. The van der Waals surface area contributed by atoms with Gasteiger partial charge in [-0.3, -0.25) is 0 Å². The van der Waals surface area contributed by atoms with Gasteiger partial charge in [0.25, 0.3) is 0 Å². The Hall–Kier alpha value is -8.20. The molecule has 9 aromatic rings. The van der Waals surface area contributed by atoms with Gasteiger partial charge in [0.05, 0.1) is 32.1 Å². The average Bonchev–Trinajstić information content (AvgIpc) is 3.92. The maximum absolute atomic E-state index is 10.7. The summed E-state index contributed by atoms with van der Waals surface area (Å²) in [7, 11) is 0. The lowest BCUT2D eigenvalue weighted by atomic mass is 9.67. The predicted octanol–water partition coefficient (Wildman–Crippen LogP) is 16.1. The number of hydrogen-bond acceptors (Lipinski definition) is 1. The highest BCUT2D eigenvalue weighted by Gasteiger charge is 2.46. The van der Waals surface area contributed by atoms with Crippen molar-refractivity contribution in [1.82, 2.24) is 4.57 Å². The fourth-order valence-corrected chi connectivity index (χ4v) is 9.85. The highest BCUT2D eigenvalue weighted by atomic mass is 15.2. The van der Waals surface area contributed by atoms with E-state index in [2.05, 4.69) is 37.4 Å². The van der Waals surface area contributed by atoms with Crippen molar-refractivity contribution in [2.75, 3.05) is 4.90 Å². The van der Waals surface area contributed by atoms with Crippen LogP contribution in [0.2, 0.25) is 0 Å². The van der Waals surface area contributed by atoms with Crippen molar-refractivity contribution in [3.8, 4) is 16.8 Å². The lowest BCUT2D eigenvalue weighted by molar-refractivity contribution is 0.761. The molecule has 2 aliphatic rings. The van der Waals surface area contributed by atoms with Gasteiger partial charge < -0.3 is 9.47 Å².